The number of hydrogen-bond acceptors (Lipinski definition) is 7. The van der Waals surface area contributed by atoms with E-state index in [0.29, 0.717) is 30.7 Å². The van der Waals surface area contributed by atoms with Crippen LogP contribution in [0.2, 0.25) is 0 Å². The highest BCUT2D eigenvalue weighted by Gasteiger charge is 2.31. The number of aryl methyl sites for hydroxylation is 1. The molecule has 0 radical (unpaired) electrons. The Hall–Kier alpha value is -1.71. The second-order valence-electron chi connectivity index (χ2n) is 8.35. The van der Waals surface area contributed by atoms with Crippen molar-refractivity contribution in [3.63, 3.8) is 0 Å². The zero-order valence-corrected chi connectivity index (χ0v) is 19.7. The molecule has 0 aliphatic heterocycles. The number of nitrogens with one attached hydrogen (secondary N) is 2. The Labute approximate surface area is 184 Å². The summed E-state index contributed by atoms with van der Waals surface area (Å²) < 4.78 is 0. The van der Waals surface area contributed by atoms with Gasteiger partial charge in [-0.05, 0) is 79.1 Å². The molecule has 0 saturated carbocycles. The molecule has 1 aliphatic carbocycles. The molecule has 8 nitrogen and oxygen atoms in total. The summed E-state index contributed by atoms with van der Waals surface area (Å²) in [4.78, 5) is 35.0. The van der Waals surface area contributed by atoms with Crippen LogP contribution in [0.1, 0.15) is 43.2 Å². The molecule has 1 aromatic rings. The largest absolute Gasteiger partial charge is 0.375 e. The normalized spacial score (nSPS) is 16.9. The molecule has 0 spiro atoms. The summed E-state index contributed by atoms with van der Waals surface area (Å²) in [6.07, 6.45) is 5.54. The van der Waals surface area contributed by atoms with E-state index in [1.54, 1.807) is 11.3 Å². The smallest absolute Gasteiger partial charge is 0.324 e. The predicted octanol–water partition coefficient (Wildman–Crippen LogP) is 1.96. The molecule has 9 heteroatoms. The molecule has 1 aromatic heterocycles. The number of nitrogens with two attached hydrogens (primary N) is 1. The van der Waals surface area contributed by atoms with Crippen LogP contribution in [0.4, 0.5) is 9.93 Å². The number of hydrogen-bond donors (Lipinski definition) is 3. The molecular weight excluding hydrogens is 400 g/mol. The minimum atomic E-state index is -0.285. The van der Waals surface area contributed by atoms with E-state index in [9.17, 15) is 9.59 Å². The number of urea groups is 1. The molecule has 2 rings (SSSR count). The van der Waals surface area contributed by atoms with Crippen LogP contribution in [0.5, 0.6) is 0 Å². The number of aromatic nitrogens is 1. The van der Waals surface area contributed by atoms with Crippen LogP contribution in [0, 0.1) is 11.8 Å². The Morgan fingerprint density at radius 3 is 2.77 bits per heavy atom. The Morgan fingerprint density at radius 1 is 1.33 bits per heavy atom. The van der Waals surface area contributed by atoms with Gasteiger partial charge < -0.3 is 21.3 Å². The van der Waals surface area contributed by atoms with Gasteiger partial charge in [0.25, 0.3) is 0 Å². The standard InChI is InChI=1S/C21H38N6O2S/c1-5-27(21(29)24-10-6-7-11-26(3)4)19(28)16(14-23-2)12-15-8-9-18-17(13-15)25-20(22)30-18/h15-16,23H,5-14H2,1-4H3,(H2,22,25)(H,24,29). The van der Waals surface area contributed by atoms with Gasteiger partial charge in [-0.1, -0.05) is 0 Å². The number of unbranched alkanes of at least 4 members (excludes halogenated alkanes) is 1. The van der Waals surface area contributed by atoms with E-state index >= 15 is 0 Å². The fraction of sp³-hybridized carbons (Fsp3) is 0.762. The van der Waals surface area contributed by atoms with Crippen molar-refractivity contribution in [2.45, 2.75) is 45.4 Å². The Bertz CT molecular complexity index is 693. The lowest BCUT2D eigenvalue weighted by Gasteiger charge is -2.29. The maximum absolute atomic E-state index is 13.2. The Kier molecular flexibility index (Phi) is 10.0. The van der Waals surface area contributed by atoms with Crippen LogP contribution in [0.25, 0.3) is 0 Å². The van der Waals surface area contributed by atoms with E-state index in [4.69, 9.17) is 5.73 Å². The summed E-state index contributed by atoms with van der Waals surface area (Å²) in [5.74, 6) is 0.0623. The highest BCUT2D eigenvalue weighted by molar-refractivity contribution is 7.15. The summed E-state index contributed by atoms with van der Waals surface area (Å²) in [7, 11) is 5.92. The highest BCUT2D eigenvalue weighted by atomic mass is 32.1. The van der Waals surface area contributed by atoms with E-state index in [1.807, 2.05) is 28.1 Å². The molecule has 3 amide bonds. The molecule has 0 aromatic carbocycles. The van der Waals surface area contributed by atoms with Crippen LogP contribution < -0.4 is 16.4 Å². The van der Waals surface area contributed by atoms with E-state index in [1.165, 1.54) is 9.78 Å². The molecular formula is C21H38N6O2S. The minimum absolute atomic E-state index is 0.0961. The second kappa shape index (κ2) is 12.2. The molecule has 0 saturated heterocycles. The summed E-state index contributed by atoms with van der Waals surface area (Å²) in [6.45, 7) is 4.37. The topological polar surface area (TPSA) is 104 Å². The van der Waals surface area contributed by atoms with Crippen LogP contribution in [0.15, 0.2) is 0 Å². The number of amides is 3. The van der Waals surface area contributed by atoms with Crippen molar-refractivity contribution in [2.75, 3.05) is 53.1 Å². The average Bonchev–Trinajstić information content (AvgIpc) is 3.06. The Balaban J connectivity index is 1.91. The number of anilines is 1. The zero-order valence-electron chi connectivity index (χ0n) is 18.9. The number of imide groups is 1. The molecule has 1 heterocycles. The first-order valence-corrected chi connectivity index (χ1v) is 11.8. The molecule has 2 atom stereocenters. The first kappa shape index (κ1) is 24.6. The third kappa shape index (κ3) is 7.21. The fourth-order valence-corrected chi connectivity index (χ4v) is 4.93. The van der Waals surface area contributed by atoms with Crippen LogP contribution in [0.3, 0.4) is 0 Å². The van der Waals surface area contributed by atoms with E-state index in [-0.39, 0.29) is 17.9 Å². The van der Waals surface area contributed by atoms with E-state index in [0.717, 1.165) is 50.8 Å². The lowest BCUT2D eigenvalue weighted by molar-refractivity contribution is -0.132. The van der Waals surface area contributed by atoms with Crippen LogP contribution in [-0.2, 0) is 17.6 Å². The van der Waals surface area contributed by atoms with Gasteiger partial charge in [-0.25, -0.2) is 9.78 Å². The lowest BCUT2D eigenvalue weighted by atomic mass is 9.83. The first-order valence-electron chi connectivity index (χ1n) is 11.0. The molecule has 1 aliphatic rings. The van der Waals surface area contributed by atoms with E-state index in [2.05, 4.69) is 20.5 Å². The average molecular weight is 439 g/mol. The molecule has 170 valence electrons. The highest BCUT2D eigenvalue weighted by Crippen LogP contribution is 2.33. The van der Waals surface area contributed by atoms with Crippen LogP contribution >= 0.6 is 11.3 Å². The van der Waals surface area contributed by atoms with Crippen LogP contribution in [-0.4, -0.2) is 74.0 Å². The van der Waals surface area contributed by atoms with Crippen molar-refractivity contribution in [2.24, 2.45) is 11.8 Å². The van der Waals surface area contributed by atoms with Gasteiger partial charge in [0.15, 0.2) is 5.13 Å². The number of thiazole rings is 1. The molecule has 0 fully saturated rings. The monoisotopic (exact) mass is 438 g/mol. The fourth-order valence-electron chi connectivity index (χ4n) is 4.05. The quantitative estimate of drug-likeness (QED) is 0.456. The van der Waals surface area contributed by atoms with Gasteiger partial charge >= 0.3 is 6.03 Å². The SMILES string of the molecule is CCN(C(=O)NCCCCN(C)C)C(=O)C(CNC)CC1CCc2sc(N)nc2C1. The number of nitrogen functional groups attached to an aromatic ring is 1. The Morgan fingerprint density at radius 2 is 2.10 bits per heavy atom. The van der Waals surface area contributed by atoms with Crippen molar-refractivity contribution in [3.05, 3.63) is 10.6 Å². The maximum atomic E-state index is 13.2. The van der Waals surface area contributed by atoms with Crippen molar-refractivity contribution < 1.29 is 9.59 Å². The van der Waals surface area contributed by atoms with E-state index < -0.39 is 0 Å². The zero-order chi connectivity index (χ0) is 22.1. The van der Waals surface area contributed by atoms with Gasteiger partial charge in [0, 0.05) is 24.5 Å². The van der Waals surface area contributed by atoms with Crippen molar-refractivity contribution in [1.82, 2.24) is 25.4 Å². The van der Waals surface area contributed by atoms with Gasteiger partial charge in [0.1, 0.15) is 0 Å². The third-order valence-corrected chi connectivity index (χ3v) is 6.60. The maximum Gasteiger partial charge on any atom is 0.324 e. The molecule has 2 unspecified atom stereocenters. The predicted molar refractivity (Wildman–Crippen MR) is 123 cm³/mol. The van der Waals surface area contributed by atoms with Crippen molar-refractivity contribution in [3.8, 4) is 0 Å². The number of nitrogens with zero attached hydrogens (tertiary/aromatic N) is 3. The number of fused-ring (bicyclic) bond motifs is 1. The van der Waals surface area contributed by atoms with Gasteiger partial charge in [-0.15, -0.1) is 11.3 Å². The number of rotatable bonds is 11. The van der Waals surface area contributed by atoms with Gasteiger partial charge in [-0.2, -0.15) is 0 Å². The minimum Gasteiger partial charge on any atom is -0.375 e. The summed E-state index contributed by atoms with van der Waals surface area (Å²) in [5, 5.41) is 6.67. The third-order valence-electron chi connectivity index (χ3n) is 5.61. The number of carbonyl (C=O) groups excluding carboxylic acids is 2. The second-order valence-corrected chi connectivity index (χ2v) is 9.46. The summed E-state index contributed by atoms with van der Waals surface area (Å²) in [6, 6.07) is -0.285. The molecule has 0 bridgehead atoms. The summed E-state index contributed by atoms with van der Waals surface area (Å²) >= 11 is 1.58. The first-order chi connectivity index (χ1) is 14.3. The van der Waals surface area contributed by atoms with Crippen molar-refractivity contribution >= 4 is 28.4 Å². The lowest BCUT2D eigenvalue weighted by Crippen LogP contribution is -2.48. The van der Waals surface area contributed by atoms with Crippen molar-refractivity contribution in [1.29, 1.82) is 0 Å². The molecule has 30 heavy (non-hydrogen) atoms. The van der Waals surface area contributed by atoms with Gasteiger partial charge in [0.2, 0.25) is 5.91 Å². The summed E-state index contributed by atoms with van der Waals surface area (Å²) in [5.41, 5.74) is 6.95. The number of carbonyl (C=O) groups is 2. The van der Waals surface area contributed by atoms with Gasteiger partial charge in [0.05, 0.1) is 11.6 Å². The molecule has 4 N–H and O–H groups in total. The van der Waals surface area contributed by atoms with Gasteiger partial charge in [-0.3, -0.25) is 9.69 Å².